The Morgan fingerprint density at radius 3 is 2.71 bits per heavy atom. The van der Waals surface area contributed by atoms with Crippen molar-refractivity contribution < 1.29 is 4.79 Å². The van der Waals surface area contributed by atoms with Crippen LogP contribution in [0.15, 0.2) is 60.0 Å². The van der Waals surface area contributed by atoms with E-state index in [1.807, 2.05) is 67.2 Å². The summed E-state index contributed by atoms with van der Waals surface area (Å²) in [6, 6.07) is 15.8. The number of nitrogens with zero attached hydrogens (tertiary/aromatic N) is 4. The number of hydrogen-bond acceptors (Lipinski definition) is 4. The number of thiophene rings is 1. The number of nitriles is 1. The van der Waals surface area contributed by atoms with Crippen molar-refractivity contribution in [3.8, 4) is 16.8 Å². The van der Waals surface area contributed by atoms with E-state index in [9.17, 15) is 10.1 Å². The Kier molecular flexibility index (Phi) is 5.91. The van der Waals surface area contributed by atoms with E-state index in [4.69, 9.17) is 0 Å². The van der Waals surface area contributed by atoms with Crippen LogP contribution in [0.2, 0.25) is 0 Å². The third-order valence-electron chi connectivity index (χ3n) is 6.34. The third-order valence-corrected chi connectivity index (χ3v) is 7.62. The highest BCUT2D eigenvalue weighted by atomic mass is 32.1. The second kappa shape index (κ2) is 9.16. The van der Waals surface area contributed by atoms with E-state index in [2.05, 4.69) is 21.2 Å². The van der Waals surface area contributed by atoms with Gasteiger partial charge in [0.2, 0.25) is 0 Å². The normalized spacial score (nSPS) is 13.1. The molecule has 5 rings (SSSR count). The lowest BCUT2D eigenvalue weighted by Crippen LogP contribution is -2.19. The lowest BCUT2D eigenvalue weighted by Gasteiger charge is -2.10. The van der Waals surface area contributed by atoms with E-state index < -0.39 is 0 Å². The molecule has 1 aliphatic rings. The molecule has 34 heavy (non-hydrogen) atoms. The van der Waals surface area contributed by atoms with E-state index in [-0.39, 0.29) is 5.91 Å². The van der Waals surface area contributed by atoms with Crippen LogP contribution in [-0.2, 0) is 12.8 Å². The summed E-state index contributed by atoms with van der Waals surface area (Å²) in [6.07, 6.45) is 9.86. The Hall–Kier alpha value is -3.89. The summed E-state index contributed by atoms with van der Waals surface area (Å²) >= 11 is 1.73. The minimum Gasteiger partial charge on any atom is -0.323 e. The fraction of sp³-hybridized carbons (Fsp3) is 0.222. The maximum atomic E-state index is 12.8. The lowest BCUT2D eigenvalue weighted by molar-refractivity contribution is 0.0955. The fourth-order valence-corrected chi connectivity index (χ4v) is 6.11. The number of carbonyl (C=O) groups excluding carboxylic acids is 1. The molecule has 1 aliphatic carbocycles. The summed E-state index contributed by atoms with van der Waals surface area (Å²) in [6.45, 7) is 4.06. The number of amides is 1. The molecule has 4 aromatic rings. The molecule has 3 aromatic heterocycles. The van der Waals surface area contributed by atoms with E-state index in [1.165, 1.54) is 16.9 Å². The molecular weight excluding hydrogens is 442 g/mol. The van der Waals surface area contributed by atoms with Crippen LogP contribution >= 0.6 is 11.3 Å². The van der Waals surface area contributed by atoms with Crippen molar-refractivity contribution in [2.24, 2.45) is 5.10 Å². The molecular formula is C27H25N5OS. The van der Waals surface area contributed by atoms with E-state index >= 15 is 0 Å². The van der Waals surface area contributed by atoms with Gasteiger partial charge in [-0.15, -0.1) is 11.3 Å². The average molecular weight is 468 g/mol. The first-order valence-corrected chi connectivity index (χ1v) is 12.2. The second-order valence-corrected chi connectivity index (χ2v) is 9.55. The number of carbonyl (C=O) groups is 1. The summed E-state index contributed by atoms with van der Waals surface area (Å²) in [5.74, 6) is -0.271. The fourth-order valence-electron chi connectivity index (χ4n) is 4.66. The smallest absolute Gasteiger partial charge is 0.273 e. The Balaban J connectivity index is 1.40. The minimum atomic E-state index is -0.271. The Morgan fingerprint density at radius 1 is 1.15 bits per heavy atom. The molecule has 6 nitrogen and oxygen atoms in total. The van der Waals surface area contributed by atoms with Crippen molar-refractivity contribution in [1.29, 1.82) is 5.26 Å². The largest absolute Gasteiger partial charge is 0.323 e. The maximum Gasteiger partial charge on any atom is 0.273 e. The Labute approximate surface area is 202 Å². The van der Waals surface area contributed by atoms with Crippen LogP contribution in [-0.4, -0.2) is 21.3 Å². The number of rotatable bonds is 5. The number of benzene rings is 1. The molecule has 0 saturated heterocycles. The van der Waals surface area contributed by atoms with Crippen molar-refractivity contribution in [3.05, 3.63) is 93.4 Å². The van der Waals surface area contributed by atoms with Crippen LogP contribution in [0.4, 0.5) is 0 Å². The summed E-state index contributed by atoms with van der Waals surface area (Å²) in [4.78, 5) is 14.2. The Bertz CT molecular complexity index is 1430. The highest BCUT2D eigenvalue weighted by Gasteiger charge is 2.23. The van der Waals surface area contributed by atoms with Gasteiger partial charge in [-0.2, -0.15) is 10.4 Å². The van der Waals surface area contributed by atoms with Crippen LogP contribution in [0.3, 0.4) is 0 Å². The van der Waals surface area contributed by atoms with E-state index in [0.29, 0.717) is 5.56 Å². The summed E-state index contributed by atoms with van der Waals surface area (Å²) < 4.78 is 4.05. The number of para-hydroxylation sites is 1. The molecule has 1 N–H and O–H groups in total. The molecule has 0 aliphatic heterocycles. The van der Waals surface area contributed by atoms with Gasteiger partial charge in [0.1, 0.15) is 11.1 Å². The van der Waals surface area contributed by atoms with Gasteiger partial charge in [-0.25, -0.2) is 5.43 Å². The van der Waals surface area contributed by atoms with Gasteiger partial charge in [-0.1, -0.05) is 12.1 Å². The highest BCUT2D eigenvalue weighted by Crippen LogP contribution is 2.38. The van der Waals surface area contributed by atoms with Crippen molar-refractivity contribution in [2.45, 2.75) is 39.5 Å². The number of aryl methyl sites for hydroxylation is 2. The van der Waals surface area contributed by atoms with Crippen molar-refractivity contribution in [3.63, 3.8) is 0 Å². The van der Waals surface area contributed by atoms with Crippen molar-refractivity contribution in [1.82, 2.24) is 14.6 Å². The van der Waals surface area contributed by atoms with Gasteiger partial charge in [0.15, 0.2) is 0 Å². The molecule has 0 spiro atoms. The topological polar surface area (TPSA) is 75.1 Å². The van der Waals surface area contributed by atoms with Crippen molar-refractivity contribution in [2.75, 3.05) is 0 Å². The molecule has 1 amide bonds. The number of hydrogen-bond donors (Lipinski definition) is 1. The number of hydrazone groups is 1. The number of fused-ring (bicyclic) bond motifs is 1. The monoisotopic (exact) mass is 467 g/mol. The standard InChI is InChI=1S/C27H25N5OS/c1-18-15-20(19(2)32(18)27-23(16-28)21-9-4-6-12-25(21)34-27)17-29-30-26(33)22-10-3-5-11-24(22)31-13-7-8-14-31/h3,5,7-8,10-11,13-15,17H,4,6,9,12H2,1-2H3,(H,30,33)/b29-17+. The predicted octanol–water partition coefficient (Wildman–Crippen LogP) is 5.46. The van der Waals surface area contributed by atoms with Gasteiger partial charge < -0.3 is 9.13 Å². The first-order valence-electron chi connectivity index (χ1n) is 11.4. The summed E-state index contributed by atoms with van der Waals surface area (Å²) in [5, 5.41) is 15.1. The van der Waals surface area contributed by atoms with Gasteiger partial charge in [-0.3, -0.25) is 4.79 Å². The first-order chi connectivity index (χ1) is 16.6. The molecule has 3 heterocycles. The predicted molar refractivity (Wildman–Crippen MR) is 135 cm³/mol. The third kappa shape index (κ3) is 3.87. The van der Waals surface area contributed by atoms with Gasteiger partial charge in [0.25, 0.3) is 5.91 Å². The van der Waals surface area contributed by atoms with Gasteiger partial charge in [0, 0.05) is 34.2 Å². The quantitative estimate of drug-likeness (QED) is 0.313. The highest BCUT2D eigenvalue weighted by molar-refractivity contribution is 7.15. The first kappa shape index (κ1) is 21.9. The van der Waals surface area contributed by atoms with Gasteiger partial charge in [-0.05, 0) is 75.4 Å². The minimum absolute atomic E-state index is 0.271. The molecule has 0 radical (unpaired) electrons. The SMILES string of the molecule is Cc1cc(/C=N/NC(=O)c2ccccc2-n2cccc2)c(C)n1-c1sc2c(c1C#N)CCCC2. The van der Waals surface area contributed by atoms with Crippen molar-refractivity contribution >= 4 is 23.5 Å². The molecule has 1 aromatic carbocycles. The Morgan fingerprint density at radius 2 is 1.91 bits per heavy atom. The van der Waals surface area contributed by atoms with Crippen LogP contribution < -0.4 is 5.43 Å². The molecule has 0 bridgehead atoms. The lowest BCUT2D eigenvalue weighted by atomic mass is 9.96. The van der Waals surface area contributed by atoms with Crippen LogP contribution in [0.25, 0.3) is 10.7 Å². The molecule has 0 unspecified atom stereocenters. The molecule has 7 heteroatoms. The molecule has 0 fully saturated rings. The van der Waals surface area contributed by atoms with E-state index in [0.717, 1.165) is 52.5 Å². The zero-order valence-corrected chi connectivity index (χ0v) is 20.0. The second-order valence-electron chi connectivity index (χ2n) is 8.47. The van der Waals surface area contributed by atoms with E-state index in [1.54, 1.807) is 23.6 Å². The zero-order valence-electron chi connectivity index (χ0n) is 19.2. The maximum absolute atomic E-state index is 12.8. The molecule has 0 saturated carbocycles. The number of nitrogens with one attached hydrogen (secondary N) is 1. The molecule has 0 atom stereocenters. The van der Waals surface area contributed by atoms with Crippen LogP contribution in [0.1, 0.15) is 56.2 Å². The molecule has 170 valence electrons. The van der Waals surface area contributed by atoms with Gasteiger partial charge in [0.05, 0.1) is 23.0 Å². The van der Waals surface area contributed by atoms with Crippen LogP contribution in [0.5, 0.6) is 0 Å². The number of aromatic nitrogens is 2. The zero-order chi connectivity index (χ0) is 23.7. The summed E-state index contributed by atoms with van der Waals surface area (Å²) in [7, 11) is 0. The summed E-state index contributed by atoms with van der Waals surface area (Å²) in [5.41, 5.74) is 8.99. The van der Waals surface area contributed by atoms with Crippen LogP contribution in [0, 0.1) is 25.2 Å². The average Bonchev–Trinajstić information content (AvgIpc) is 3.57. The van der Waals surface area contributed by atoms with Gasteiger partial charge >= 0.3 is 0 Å².